The van der Waals surface area contributed by atoms with Gasteiger partial charge in [-0.3, -0.25) is 0 Å². The van der Waals surface area contributed by atoms with Gasteiger partial charge >= 0.3 is 0 Å². The van der Waals surface area contributed by atoms with Crippen LogP contribution in [0.5, 0.6) is 0 Å². The van der Waals surface area contributed by atoms with Crippen LogP contribution >= 0.6 is 0 Å². The predicted octanol–water partition coefficient (Wildman–Crippen LogP) is 15.1. The molecular formula is C57H34N4O2. The van der Waals surface area contributed by atoms with E-state index in [9.17, 15) is 0 Å². The standard InChI is InChI=1S/C57H34N4O2/c1-2-15-35(16-3-1)36-31-33-37(34-32-36)55-58-56(45-24-12-22-43-41-20-7-11-29-50(41)62-53(43)45)60-57(59-55)46-25-13-23-44-52-42(21-14-30-51(52)63-54(44)46)40-19-6-10-28-49(40)61-47-26-8-4-17-38(47)39-18-5-9-27-48(39)61/h1-34H. The molecule has 0 saturated carbocycles. The second-order valence-electron chi connectivity index (χ2n) is 15.9. The van der Waals surface area contributed by atoms with E-state index in [1.807, 2.05) is 48.5 Å². The van der Waals surface area contributed by atoms with Crippen LogP contribution in [0, 0.1) is 0 Å². The maximum absolute atomic E-state index is 6.91. The smallest absolute Gasteiger partial charge is 0.167 e. The summed E-state index contributed by atoms with van der Waals surface area (Å²) in [6.45, 7) is 0. The summed E-state index contributed by atoms with van der Waals surface area (Å²) in [6, 6.07) is 71.5. The van der Waals surface area contributed by atoms with Crippen LogP contribution in [0.15, 0.2) is 215 Å². The van der Waals surface area contributed by atoms with Gasteiger partial charge in [-0.2, -0.15) is 0 Å². The van der Waals surface area contributed by atoms with E-state index >= 15 is 0 Å². The highest BCUT2D eigenvalue weighted by molar-refractivity contribution is 6.17. The van der Waals surface area contributed by atoms with Crippen LogP contribution in [-0.4, -0.2) is 19.5 Å². The quantitative estimate of drug-likeness (QED) is 0.167. The number of para-hydroxylation sites is 6. The Kier molecular flexibility index (Phi) is 7.80. The third-order valence-electron chi connectivity index (χ3n) is 12.3. The molecule has 0 spiro atoms. The van der Waals surface area contributed by atoms with E-state index in [0.717, 1.165) is 94.0 Å². The minimum absolute atomic E-state index is 0.507. The van der Waals surface area contributed by atoms with E-state index in [1.165, 1.54) is 10.8 Å². The first-order chi connectivity index (χ1) is 31.2. The van der Waals surface area contributed by atoms with Gasteiger partial charge in [-0.1, -0.05) is 164 Å². The Hall–Kier alpha value is -8.61. The lowest BCUT2D eigenvalue weighted by atomic mass is 9.97. The van der Waals surface area contributed by atoms with Crippen molar-refractivity contribution in [3.05, 3.63) is 206 Å². The highest BCUT2D eigenvalue weighted by Crippen LogP contribution is 2.44. The number of hydrogen-bond donors (Lipinski definition) is 0. The number of nitrogens with zero attached hydrogens (tertiary/aromatic N) is 4. The van der Waals surface area contributed by atoms with E-state index in [2.05, 4.69) is 162 Å². The molecule has 0 saturated heterocycles. The van der Waals surface area contributed by atoms with E-state index in [0.29, 0.717) is 23.1 Å². The molecule has 63 heavy (non-hydrogen) atoms. The Morgan fingerprint density at radius 2 is 0.778 bits per heavy atom. The van der Waals surface area contributed by atoms with Crippen LogP contribution in [0.3, 0.4) is 0 Å². The predicted molar refractivity (Wildman–Crippen MR) is 256 cm³/mol. The van der Waals surface area contributed by atoms with Crippen molar-refractivity contribution in [1.82, 2.24) is 19.5 Å². The van der Waals surface area contributed by atoms with Crippen molar-refractivity contribution in [2.45, 2.75) is 0 Å². The van der Waals surface area contributed by atoms with E-state index in [4.69, 9.17) is 23.8 Å². The molecule has 0 bridgehead atoms. The first-order valence-corrected chi connectivity index (χ1v) is 21.1. The molecule has 13 aromatic rings. The molecule has 0 N–H and O–H groups in total. The minimum atomic E-state index is 0.507. The highest BCUT2D eigenvalue weighted by Gasteiger charge is 2.23. The summed E-state index contributed by atoms with van der Waals surface area (Å²) in [6.07, 6.45) is 0. The minimum Gasteiger partial charge on any atom is -0.455 e. The van der Waals surface area contributed by atoms with Gasteiger partial charge < -0.3 is 13.4 Å². The Morgan fingerprint density at radius 3 is 1.52 bits per heavy atom. The fourth-order valence-electron chi connectivity index (χ4n) is 9.44. The summed E-state index contributed by atoms with van der Waals surface area (Å²) in [5.41, 5.74) is 13.3. The molecule has 0 aliphatic rings. The molecule has 13 rings (SSSR count). The van der Waals surface area contributed by atoms with Crippen LogP contribution in [0.2, 0.25) is 0 Å². The molecule has 6 nitrogen and oxygen atoms in total. The van der Waals surface area contributed by atoms with Crippen molar-refractivity contribution in [1.29, 1.82) is 0 Å². The average molecular weight is 807 g/mol. The number of fused-ring (bicyclic) bond motifs is 9. The Bertz CT molecular complexity index is 3860. The summed E-state index contributed by atoms with van der Waals surface area (Å²) < 4.78 is 15.8. The average Bonchev–Trinajstić information content (AvgIpc) is 4.04. The molecule has 0 fully saturated rings. The lowest BCUT2D eigenvalue weighted by Gasteiger charge is -2.14. The van der Waals surface area contributed by atoms with Gasteiger partial charge in [0.2, 0.25) is 0 Å². The lowest BCUT2D eigenvalue weighted by molar-refractivity contribution is 0.669. The monoisotopic (exact) mass is 806 g/mol. The van der Waals surface area contributed by atoms with Gasteiger partial charge in [-0.05, 0) is 59.2 Å². The van der Waals surface area contributed by atoms with Crippen molar-refractivity contribution in [3.63, 3.8) is 0 Å². The fourth-order valence-corrected chi connectivity index (χ4v) is 9.44. The van der Waals surface area contributed by atoms with Gasteiger partial charge in [-0.25, -0.2) is 15.0 Å². The highest BCUT2D eigenvalue weighted by atomic mass is 16.3. The number of aromatic nitrogens is 4. The molecule has 294 valence electrons. The number of rotatable bonds is 6. The zero-order valence-electron chi connectivity index (χ0n) is 33.7. The van der Waals surface area contributed by atoms with E-state index in [-0.39, 0.29) is 0 Å². The molecule has 4 heterocycles. The Morgan fingerprint density at radius 1 is 0.302 bits per heavy atom. The van der Waals surface area contributed by atoms with Gasteiger partial charge in [0.15, 0.2) is 17.5 Å². The third kappa shape index (κ3) is 5.55. The number of hydrogen-bond acceptors (Lipinski definition) is 5. The molecule has 0 aliphatic carbocycles. The summed E-state index contributed by atoms with van der Waals surface area (Å²) in [4.78, 5) is 15.6. The summed E-state index contributed by atoms with van der Waals surface area (Å²) in [5.74, 6) is 1.57. The van der Waals surface area contributed by atoms with Gasteiger partial charge in [0, 0.05) is 43.4 Å². The number of furan rings is 2. The van der Waals surface area contributed by atoms with Gasteiger partial charge in [0.05, 0.1) is 27.8 Å². The molecule has 6 heteroatoms. The van der Waals surface area contributed by atoms with Crippen molar-refractivity contribution in [3.8, 4) is 62.1 Å². The van der Waals surface area contributed by atoms with Crippen molar-refractivity contribution < 1.29 is 8.83 Å². The lowest BCUT2D eigenvalue weighted by Crippen LogP contribution is -2.00. The van der Waals surface area contributed by atoms with E-state index in [1.54, 1.807) is 0 Å². The van der Waals surface area contributed by atoms with Crippen LogP contribution in [-0.2, 0) is 0 Å². The first-order valence-electron chi connectivity index (χ1n) is 21.1. The van der Waals surface area contributed by atoms with Gasteiger partial charge in [0.1, 0.15) is 22.3 Å². The number of benzene rings is 9. The Labute approximate surface area is 361 Å². The summed E-state index contributed by atoms with van der Waals surface area (Å²) in [7, 11) is 0. The third-order valence-corrected chi connectivity index (χ3v) is 12.3. The molecule has 0 radical (unpaired) electrons. The maximum atomic E-state index is 6.91. The molecule has 0 amide bonds. The summed E-state index contributed by atoms with van der Waals surface area (Å²) >= 11 is 0. The largest absolute Gasteiger partial charge is 0.455 e. The van der Waals surface area contributed by atoms with Crippen LogP contribution in [0.25, 0.3) is 128 Å². The first kappa shape index (κ1) is 35.2. The van der Waals surface area contributed by atoms with Crippen molar-refractivity contribution >= 4 is 65.7 Å². The molecule has 0 atom stereocenters. The van der Waals surface area contributed by atoms with Gasteiger partial charge in [0.25, 0.3) is 0 Å². The van der Waals surface area contributed by atoms with Crippen molar-refractivity contribution in [2.75, 3.05) is 0 Å². The zero-order chi connectivity index (χ0) is 41.4. The summed E-state index contributed by atoms with van der Waals surface area (Å²) in [5, 5.41) is 6.50. The van der Waals surface area contributed by atoms with Crippen LogP contribution in [0.1, 0.15) is 0 Å². The Balaban J connectivity index is 1.02. The van der Waals surface area contributed by atoms with Gasteiger partial charge in [-0.15, -0.1) is 0 Å². The molecule has 0 unspecified atom stereocenters. The fraction of sp³-hybridized carbons (Fsp3) is 0. The molecular weight excluding hydrogens is 773 g/mol. The topological polar surface area (TPSA) is 69.9 Å². The molecule has 0 aliphatic heterocycles. The molecule has 9 aromatic carbocycles. The van der Waals surface area contributed by atoms with Crippen LogP contribution in [0.4, 0.5) is 0 Å². The molecule has 4 aromatic heterocycles. The second kappa shape index (κ2) is 14.0. The SMILES string of the molecule is c1ccc(-c2ccc(-c3nc(-c4cccc5c4oc4ccccc45)nc(-c4cccc5c4oc4cccc(-c6ccccc6-n6c7ccccc7c7ccccc76)c45)n3)cc2)cc1. The van der Waals surface area contributed by atoms with Crippen LogP contribution < -0.4 is 0 Å². The normalized spacial score (nSPS) is 11.8. The second-order valence-corrected chi connectivity index (χ2v) is 15.9. The van der Waals surface area contributed by atoms with Crippen molar-refractivity contribution in [2.24, 2.45) is 0 Å². The van der Waals surface area contributed by atoms with E-state index < -0.39 is 0 Å². The maximum Gasteiger partial charge on any atom is 0.167 e. The zero-order valence-corrected chi connectivity index (χ0v) is 33.7.